The quantitative estimate of drug-likeness (QED) is 0.866. The van der Waals surface area contributed by atoms with Crippen LogP contribution < -0.4 is 0 Å². The topological polar surface area (TPSA) is 70.8 Å². The monoisotopic (exact) mass is 237 g/mol. The Bertz CT molecular complexity index is 426. The van der Waals surface area contributed by atoms with Crippen LogP contribution in [-0.4, -0.2) is 35.0 Å². The highest BCUT2D eigenvalue weighted by Crippen LogP contribution is 2.34. The smallest absolute Gasteiger partial charge is 0.311 e. The van der Waals surface area contributed by atoms with Crippen LogP contribution in [0.1, 0.15) is 30.1 Å². The number of carbonyl (C=O) groups excluding carboxylic acids is 1. The molecule has 1 aromatic rings. The highest BCUT2D eigenvalue weighted by Gasteiger charge is 2.44. The van der Waals surface area contributed by atoms with Crippen LogP contribution in [0, 0.1) is 5.41 Å². The van der Waals surface area contributed by atoms with Crippen LogP contribution in [0.2, 0.25) is 0 Å². The number of hydrogen-bond donors (Lipinski definition) is 1. The van der Waals surface area contributed by atoms with Crippen molar-refractivity contribution in [1.82, 2.24) is 4.90 Å². The van der Waals surface area contributed by atoms with Crippen LogP contribution in [0.4, 0.5) is 0 Å². The number of aliphatic carboxylic acids is 1. The molecule has 1 aromatic heterocycles. The fraction of sp³-hybridized carbons (Fsp3) is 0.500. The van der Waals surface area contributed by atoms with Crippen LogP contribution in [0.3, 0.4) is 0 Å². The first kappa shape index (κ1) is 11.7. The van der Waals surface area contributed by atoms with E-state index in [2.05, 4.69) is 0 Å². The predicted molar refractivity (Wildman–Crippen MR) is 59.6 cm³/mol. The summed E-state index contributed by atoms with van der Waals surface area (Å²) in [7, 11) is 0. The van der Waals surface area contributed by atoms with Crippen LogP contribution in [0.5, 0.6) is 0 Å². The van der Waals surface area contributed by atoms with E-state index < -0.39 is 11.4 Å². The van der Waals surface area contributed by atoms with Crippen LogP contribution in [-0.2, 0) is 4.79 Å². The molecule has 1 saturated heterocycles. The summed E-state index contributed by atoms with van der Waals surface area (Å²) in [5, 5.41) is 9.24. The van der Waals surface area contributed by atoms with Gasteiger partial charge < -0.3 is 14.4 Å². The van der Waals surface area contributed by atoms with Crippen LogP contribution in [0.15, 0.2) is 23.0 Å². The molecule has 2 heterocycles. The van der Waals surface area contributed by atoms with Gasteiger partial charge in [0.2, 0.25) is 0 Å². The van der Waals surface area contributed by atoms with Gasteiger partial charge in [0, 0.05) is 13.1 Å². The first-order chi connectivity index (χ1) is 8.09. The molecule has 0 saturated carbocycles. The van der Waals surface area contributed by atoms with Crippen molar-refractivity contribution < 1.29 is 19.1 Å². The molecule has 1 amide bonds. The summed E-state index contributed by atoms with van der Waals surface area (Å²) in [5.41, 5.74) is -0.304. The number of carboxylic acids is 1. The molecule has 5 nitrogen and oxygen atoms in total. The van der Waals surface area contributed by atoms with Gasteiger partial charge in [0.15, 0.2) is 0 Å². The Balaban J connectivity index is 2.12. The van der Waals surface area contributed by atoms with E-state index in [1.165, 1.54) is 12.5 Å². The first-order valence-corrected chi connectivity index (χ1v) is 5.64. The minimum absolute atomic E-state index is 0.157. The second-order valence-corrected chi connectivity index (χ2v) is 4.43. The largest absolute Gasteiger partial charge is 0.481 e. The van der Waals surface area contributed by atoms with E-state index in [4.69, 9.17) is 4.42 Å². The number of nitrogens with zero attached hydrogens (tertiary/aromatic N) is 1. The van der Waals surface area contributed by atoms with Crippen molar-refractivity contribution in [3.63, 3.8) is 0 Å². The Morgan fingerprint density at radius 3 is 2.82 bits per heavy atom. The van der Waals surface area contributed by atoms with Gasteiger partial charge in [0.1, 0.15) is 6.26 Å². The van der Waals surface area contributed by atoms with E-state index in [-0.39, 0.29) is 12.5 Å². The van der Waals surface area contributed by atoms with Crippen molar-refractivity contribution in [3.05, 3.63) is 24.2 Å². The molecule has 5 heteroatoms. The molecule has 1 fully saturated rings. The molecule has 1 unspecified atom stereocenters. The average Bonchev–Trinajstić information content (AvgIpc) is 2.98. The minimum Gasteiger partial charge on any atom is -0.481 e. The Kier molecular flexibility index (Phi) is 2.92. The number of likely N-dealkylation sites (tertiary alicyclic amines) is 1. The van der Waals surface area contributed by atoms with E-state index >= 15 is 0 Å². The Morgan fingerprint density at radius 1 is 1.59 bits per heavy atom. The third-order valence-electron chi connectivity index (χ3n) is 3.54. The molecule has 17 heavy (non-hydrogen) atoms. The SMILES string of the molecule is CCC1(C(=O)O)CCN(C(=O)c2ccoc2)C1. The Morgan fingerprint density at radius 2 is 2.35 bits per heavy atom. The van der Waals surface area contributed by atoms with Crippen molar-refractivity contribution in [3.8, 4) is 0 Å². The summed E-state index contributed by atoms with van der Waals surface area (Å²) in [6, 6.07) is 1.59. The normalized spacial score (nSPS) is 23.9. The number of carbonyl (C=O) groups is 2. The van der Waals surface area contributed by atoms with E-state index in [9.17, 15) is 14.7 Å². The first-order valence-electron chi connectivity index (χ1n) is 5.64. The lowest BCUT2D eigenvalue weighted by Crippen LogP contribution is -2.36. The van der Waals surface area contributed by atoms with E-state index in [1.807, 2.05) is 6.92 Å². The van der Waals surface area contributed by atoms with Gasteiger partial charge in [-0.3, -0.25) is 9.59 Å². The summed E-state index contributed by atoms with van der Waals surface area (Å²) < 4.78 is 4.86. The second-order valence-electron chi connectivity index (χ2n) is 4.43. The molecule has 1 atom stereocenters. The van der Waals surface area contributed by atoms with Crippen LogP contribution in [0.25, 0.3) is 0 Å². The Labute approximate surface area is 99.0 Å². The van der Waals surface area contributed by atoms with Gasteiger partial charge in [-0.1, -0.05) is 6.92 Å². The molecule has 1 aliphatic rings. The van der Waals surface area contributed by atoms with Gasteiger partial charge >= 0.3 is 5.97 Å². The van der Waals surface area contributed by atoms with Gasteiger partial charge in [-0.05, 0) is 18.9 Å². The van der Waals surface area contributed by atoms with Gasteiger partial charge in [-0.2, -0.15) is 0 Å². The van der Waals surface area contributed by atoms with E-state index in [0.29, 0.717) is 24.9 Å². The minimum atomic E-state index is -0.817. The second kappa shape index (κ2) is 4.24. The molecular formula is C12H15NO4. The van der Waals surface area contributed by atoms with Crippen LogP contribution >= 0.6 is 0 Å². The van der Waals surface area contributed by atoms with Gasteiger partial charge in [-0.25, -0.2) is 0 Å². The number of rotatable bonds is 3. The van der Waals surface area contributed by atoms with Crippen molar-refractivity contribution in [2.45, 2.75) is 19.8 Å². The van der Waals surface area contributed by atoms with E-state index in [0.717, 1.165) is 0 Å². The lowest BCUT2D eigenvalue weighted by atomic mass is 9.84. The maximum Gasteiger partial charge on any atom is 0.311 e. The van der Waals surface area contributed by atoms with Crippen molar-refractivity contribution in [2.24, 2.45) is 5.41 Å². The van der Waals surface area contributed by atoms with Gasteiger partial charge in [0.05, 0.1) is 17.2 Å². The fourth-order valence-electron chi connectivity index (χ4n) is 2.23. The summed E-state index contributed by atoms with van der Waals surface area (Å²) in [6.07, 6.45) is 3.88. The molecule has 0 spiro atoms. The summed E-state index contributed by atoms with van der Waals surface area (Å²) >= 11 is 0. The third kappa shape index (κ3) is 1.92. The van der Waals surface area contributed by atoms with Crippen molar-refractivity contribution in [2.75, 3.05) is 13.1 Å². The molecule has 1 aliphatic heterocycles. The number of amides is 1. The average molecular weight is 237 g/mol. The lowest BCUT2D eigenvalue weighted by molar-refractivity contribution is -0.148. The Hall–Kier alpha value is -1.78. The molecule has 0 aliphatic carbocycles. The summed E-state index contributed by atoms with van der Waals surface area (Å²) in [4.78, 5) is 24.8. The number of furan rings is 1. The molecule has 2 rings (SSSR count). The number of hydrogen-bond acceptors (Lipinski definition) is 3. The summed E-state index contributed by atoms with van der Waals surface area (Å²) in [5.74, 6) is -0.974. The lowest BCUT2D eigenvalue weighted by Gasteiger charge is -2.22. The molecule has 0 radical (unpaired) electrons. The maximum atomic E-state index is 12.0. The highest BCUT2D eigenvalue weighted by molar-refractivity contribution is 5.94. The summed E-state index contributed by atoms with van der Waals surface area (Å²) in [6.45, 7) is 2.62. The van der Waals surface area contributed by atoms with E-state index in [1.54, 1.807) is 11.0 Å². The van der Waals surface area contributed by atoms with Crippen molar-refractivity contribution in [1.29, 1.82) is 0 Å². The molecule has 92 valence electrons. The molecule has 1 N–H and O–H groups in total. The fourth-order valence-corrected chi connectivity index (χ4v) is 2.23. The highest BCUT2D eigenvalue weighted by atomic mass is 16.4. The molecular weight excluding hydrogens is 222 g/mol. The molecule has 0 bridgehead atoms. The zero-order valence-electron chi connectivity index (χ0n) is 9.68. The van der Waals surface area contributed by atoms with Crippen molar-refractivity contribution >= 4 is 11.9 Å². The standard InChI is InChI=1S/C12H15NO4/c1-2-12(11(15)16)4-5-13(8-12)10(14)9-3-6-17-7-9/h3,6-7H,2,4-5,8H2,1H3,(H,15,16). The molecule has 0 aromatic carbocycles. The maximum absolute atomic E-state index is 12.0. The predicted octanol–water partition coefficient (Wildman–Crippen LogP) is 1.61. The van der Waals surface area contributed by atoms with Gasteiger partial charge in [0.25, 0.3) is 5.91 Å². The zero-order valence-corrected chi connectivity index (χ0v) is 9.68. The zero-order chi connectivity index (χ0) is 12.5. The third-order valence-corrected chi connectivity index (χ3v) is 3.54. The number of carboxylic acid groups (broad SMARTS) is 1. The van der Waals surface area contributed by atoms with Gasteiger partial charge in [-0.15, -0.1) is 0 Å².